The van der Waals surface area contributed by atoms with Crippen molar-refractivity contribution in [1.29, 1.82) is 0 Å². The van der Waals surface area contributed by atoms with Crippen LogP contribution in [-0.4, -0.2) is 66.3 Å². The molecule has 2 aromatic carbocycles. The van der Waals surface area contributed by atoms with Gasteiger partial charge in [-0.3, -0.25) is 14.4 Å². The van der Waals surface area contributed by atoms with Crippen molar-refractivity contribution in [1.82, 2.24) is 15.1 Å². The standard InChI is InChI=1S/C22H22FN3O4/c1-30-17-7-5-14(6-8-17)11-18-22(29)26-10-9-25(13-19(26)20(27)24-18)21(28)15-3-2-4-16(23)12-15/h2-8,12,18-19H,9-11,13H2,1H3,(H,24,27)/t18-,19+/m0/s1. The molecule has 2 fully saturated rings. The van der Waals surface area contributed by atoms with Gasteiger partial charge in [0.2, 0.25) is 11.8 Å². The molecule has 30 heavy (non-hydrogen) atoms. The minimum atomic E-state index is -0.740. The zero-order chi connectivity index (χ0) is 21.3. The highest BCUT2D eigenvalue weighted by molar-refractivity contribution is 5.99. The van der Waals surface area contributed by atoms with Crippen molar-refractivity contribution >= 4 is 17.7 Å². The second kappa shape index (κ2) is 8.14. The Morgan fingerprint density at radius 2 is 1.93 bits per heavy atom. The van der Waals surface area contributed by atoms with Gasteiger partial charge in [0.25, 0.3) is 5.91 Å². The molecule has 0 saturated carbocycles. The number of nitrogens with one attached hydrogen (secondary N) is 1. The summed E-state index contributed by atoms with van der Waals surface area (Å²) in [7, 11) is 1.58. The van der Waals surface area contributed by atoms with E-state index in [1.54, 1.807) is 12.0 Å². The molecule has 2 saturated heterocycles. The van der Waals surface area contributed by atoms with Crippen LogP contribution in [0.5, 0.6) is 5.75 Å². The Labute approximate surface area is 173 Å². The number of fused-ring (bicyclic) bond motifs is 1. The maximum atomic E-state index is 13.4. The lowest BCUT2D eigenvalue weighted by Gasteiger charge is -2.45. The monoisotopic (exact) mass is 411 g/mol. The molecule has 8 heteroatoms. The van der Waals surface area contributed by atoms with Gasteiger partial charge < -0.3 is 19.9 Å². The van der Waals surface area contributed by atoms with E-state index in [2.05, 4.69) is 5.32 Å². The molecule has 2 aromatic rings. The molecule has 7 nitrogen and oxygen atoms in total. The van der Waals surface area contributed by atoms with Crippen LogP contribution in [0, 0.1) is 5.82 Å². The molecular formula is C22H22FN3O4. The fourth-order valence-corrected chi connectivity index (χ4v) is 3.93. The second-order valence-corrected chi connectivity index (χ2v) is 7.42. The van der Waals surface area contributed by atoms with Crippen LogP contribution in [0.25, 0.3) is 0 Å². The first-order valence-corrected chi connectivity index (χ1v) is 9.75. The number of ether oxygens (including phenoxy) is 1. The van der Waals surface area contributed by atoms with Crippen molar-refractivity contribution in [3.8, 4) is 5.75 Å². The minimum absolute atomic E-state index is 0.0855. The van der Waals surface area contributed by atoms with Gasteiger partial charge in [-0.2, -0.15) is 0 Å². The molecular weight excluding hydrogens is 389 g/mol. The maximum absolute atomic E-state index is 13.4. The van der Waals surface area contributed by atoms with E-state index < -0.39 is 17.9 Å². The summed E-state index contributed by atoms with van der Waals surface area (Å²) >= 11 is 0. The van der Waals surface area contributed by atoms with Gasteiger partial charge >= 0.3 is 0 Å². The SMILES string of the molecule is COc1ccc(C[C@@H]2NC(=O)[C@H]3CN(C(=O)c4cccc(F)c4)CCN3C2=O)cc1. The van der Waals surface area contributed by atoms with Gasteiger partial charge in [-0.25, -0.2) is 4.39 Å². The van der Waals surface area contributed by atoms with E-state index in [1.165, 1.54) is 29.2 Å². The number of carbonyl (C=O) groups is 3. The summed E-state index contributed by atoms with van der Waals surface area (Å²) in [5, 5.41) is 2.79. The van der Waals surface area contributed by atoms with Gasteiger partial charge in [-0.1, -0.05) is 18.2 Å². The number of hydrogen-bond acceptors (Lipinski definition) is 4. The van der Waals surface area contributed by atoms with Crippen LogP contribution in [-0.2, 0) is 16.0 Å². The molecule has 1 N–H and O–H groups in total. The first-order valence-electron chi connectivity index (χ1n) is 9.75. The highest BCUT2D eigenvalue weighted by Gasteiger charge is 2.44. The van der Waals surface area contributed by atoms with Crippen LogP contribution in [0.15, 0.2) is 48.5 Å². The van der Waals surface area contributed by atoms with Crippen LogP contribution in [0.3, 0.4) is 0 Å². The second-order valence-electron chi connectivity index (χ2n) is 7.42. The molecule has 2 aliphatic heterocycles. The van der Waals surface area contributed by atoms with Gasteiger partial charge in [0.15, 0.2) is 0 Å². The van der Waals surface area contributed by atoms with E-state index in [0.29, 0.717) is 13.0 Å². The van der Waals surface area contributed by atoms with Crippen molar-refractivity contribution in [2.24, 2.45) is 0 Å². The van der Waals surface area contributed by atoms with Crippen molar-refractivity contribution in [3.63, 3.8) is 0 Å². The zero-order valence-corrected chi connectivity index (χ0v) is 16.5. The van der Waals surface area contributed by atoms with Crippen molar-refractivity contribution in [2.75, 3.05) is 26.7 Å². The quantitative estimate of drug-likeness (QED) is 0.821. The fraction of sp³-hybridized carbons (Fsp3) is 0.318. The Balaban J connectivity index is 1.44. The van der Waals surface area contributed by atoms with E-state index in [-0.39, 0.29) is 36.4 Å². The first-order chi connectivity index (χ1) is 14.5. The van der Waals surface area contributed by atoms with Gasteiger partial charge in [0.05, 0.1) is 13.7 Å². The van der Waals surface area contributed by atoms with Crippen molar-refractivity contribution in [3.05, 3.63) is 65.5 Å². The normalized spacial score (nSPS) is 21.1. The van der Waals surface area contributed by atoms with Crippen molar-refractivity contribution < 1.29 is 23.5 Å². The van der Waals surface area contributed by atoms with E-state index in [9.17, 15) is 18.8 Å². The maximum Gasteiger partial charge on any atom is 0.254 e. The van der Waals surface area contributed by atoms with E-state index >= 15 is 0 Å². The van der Waals surface area contributed by atoms with Crippen LogP contribution in [0.1, 0.15) is 15.9 Å². The highest BCUT2D eigenvalue weighted by Crippen LogP contribution is 2.21. The van der Waals surface area contributed by atoms with E-state index in [4.69, 9.17) is 4.74 Å². The largest absolute Gasteiger partial charge is 0.497 e. The summed E-state index contributed by atoms with van der Waals surface area (Å²) < 4.78 is 18.6. The minimum Gasteiger partial charge on any atom is -0.497 e. The molecule has 0 radical (unpaired) electrons. The summed E-state index contributed by atoms with van der Waals surface area (Å²) in [5.74, 6) is -0.573. The first kappa shape index (κ1) is 19.9. The molecule has 0 aromatic heterocycles. The molecule has 2 atom stereocenters. The Kier molecular flexibility index (Phi) is 5.39. The third-order valence-electron chi connectivity index (χ3n) is 5.54. The number of methoxy groups -OCH3 is 1. The lowest BCUT2D eigenvalue weighted by molar-refractivity contribution is -0.152. The average molecular weight is 411 g/mol. The molecule has 2 heterocycles. The van der Waals surface area contributed by atoms with Gasteiger partial charge in [0, 0.05) is 25.1 Å². The predicted molar refractivity (Wildman–Crippen MR) is 106 cm³/mol. The van der Waals surface area contributed by atoms with Crippen LogP contribution < -0.4 is 10.1 Å². The Bertz CT molecular complexity index is 979. The Morgan fingerprint density at radius 3 is 2.63 bits per heavy atom. The highest BCUT2D eigenvalue weighted by atomic mass is 19.1. The summed E-state index contributed by atoms with van der Waals surface area (Å²) in [6, 6.07) is 11.4. The fourth-order valence-electron chi connectivity index (χ4n) is 3.93. The third kappa shape index (κ3) is 3.85. The third-order valence-corrected chi connectivity index (χ3v) is 5.54. The number of hydrogen-bond donors (Lipinski definition) is 1. The van der Waals surface area contributed by atoms with E-state index in [0.717, 1.165) is 11.3 Å². The molecule has 156 valence electrons. The smallest absolute Gasteiger partial charge is 0.254 e. The lowest BCUT2D eigenvalue weighted by Crippen LogP contribution is -2.70. The number of carbonyl (C=O) groups excluding carboxylic acids is 3. The van der Waals surface area contributed by atoms with Crippen molar-refractivity contribution in [2.45, 2.75) is 18.5 Å². The van der Waals surface area contributed by atoms with E-state index in [1.807, 2.05) is 24.3 Å². The number of nitrogens with zero attached hydrogens (tertiary/aromatic N) is 2. The average Bonchev–Trinajstić information content (AvgIpc) is 2.77. The molecule has 2 aliphatic rings. The van der Waals surface area contributed by atoms with Gasteiger partial charge in [-0.05, 0) is 35.9 Å². The van der Waals surface area contributed by atoms with Crippen LogP contribution >= 0.6 is 0 Å². The molecule has 0 spiro atoms. The number of benzene rings is 2. The molecule has 4 rings (SSSR count). The molecule has 3 amide bonds. The molecule has 0 aliphatic carbocycles. The number of amides is 3. The topological polar surface area (TPSA) is 79.0 Å². The number of halogens is 1. The predicted octanol–water partition coefficient (Wildman–Crippen LogP) is 1.23. The number of rotatable bonds is 4. The van der Waals surface area contributed by atoms with Crippen LogP contribution in [0.2, 0.25) is 0 Å². The molecule has 0 bridgehead atoms. The summed E-state index contributed by atoms with van der Waals surface area (Å²) in [6.07, 6.45) is 0.379. The Morgan fingerprint density at radius 1 is 1.17 bits per heavy atom. The molecule has 0 unspecified atom stereocenters. The zero-order valence-electron chi connectivity index (χ0n) is 16.5. The van der Waals surface area contributed by atoms with Gasteiger partial charge in [-0.15, -0.1) is 0 Å². The lowest BCUT2D eigenvalue weighted by atomic mass is 9.98. The Hall–Kier alpha value is -3.42. The summed E-state index contributed by atoms with van der Waals surface area (Å²) in [5.41, 5.74) is 1.14. The summed E-state index contributed by atoms with van der Waals surface area (Å²) in [6.45, 7) is 0.638. The van der Waals surface area contributed by atoms with Crippen LogP contribution in [0.4, 0.5) is 4.39 Å². The number of piperazine rings is 2. The summed E-state index contributed by atoms with van der Waals surface area (Å²) in [4.78, 5) is 41.4. The van der Waals surface area contributed by atoms with Gasteiger partial charge in [0.1, 0.15) is 23.7 Å².